The second kappa shape index (κ2) is 7.35. The van der Waals surface area contributed by atoms with Gasteiger partial charge >= 0.3 is 6.43 Å². The Labute approximate surface area is 120 Å². The highest BCUT2D eigenvalue weighted by Crippen LogP contribution is 2.18. The molecule has 0 spiro atoms. The summed E-state index contributed by atoms with van der Waals surface area (Å²) in [6, 6.07) is 8.16. The number of thioether (sulfide) groups is 1. The first-order chi connectivity index (χ1) is 9.69. The lowest BCUT2D eigenvalue weighted by Crippen LogP contribution is -2.13. The maximum absolute atomic E-state index is 12.3. The standard InChI is InChI=1S/C13H15F2N3OS/c1-2-20-10-5-3-4-9(6-10)7-16-8-11-17-13(12(14)15)18-19-11/h3-6,12,16H,2,7-8H2,1H3. The smallest absolute Gasteiger partial charge is 0.300 e. The van der Waals surface area contributed by atoms with Gasteiger partial charge in [-0.2, -0.15) is 4.98 Å². The van der Waals surface area contributed by atoms with Gasteiger partial charge in [0.15, 0.2) is 0 Å². The van der Waals surface area contributed by atoms with Crippen LogP contribution in [0.25, 0.3) is 0 Å². The summed E-state index contributed by atoms with van der Waals surface area (Å²) in [6.07, 6.45) is -2.70. The molecule has 0 saturated carbocycles. The van der Waals surface area contributed by atoms with Gasteiger partial charge in [0, 0.05) is 11.4 Å². The van der Waals surface area contributed by atoms with Crippen molar-refractivity contribution in [3.05, 3.63) is 41.5 Å². The van der Waals surface area contributed by atoms with Crippen LogP contribution in [0.1, 0.15) is 30.6 Å². The molecule has 20 heavy (non-hydrogen) atoms. The number of alkyl halides is 2. The fourth-order valence-corrected chi connectivity index (χ4v) is 2.40. The Morgan fingerprint density at radius 3 is 2.90 bits per heavy atom. The lowest BCUT2D eigenvalue weighted by molar-refractivity contribution is 0.136. The van der Waals surface area contributed by atoms with Gasteiger partial charge in [0.05, 0.1) is 6.54 Å². The van der Waals surface area contributed by atoms with E-state index in [1.54, 1.807) is 11.8 Å². The summed E-state index contributed by atoms with van der Waals surface area (Å²) in [5.41, 5.74) is 1.12. The lowest BCUT2D eigenvalue weighted by Gasteiger charge is -2.04. The minimum Gasteiger partial charge on any atom is -0.338 e. The van der Waals surface area contributed by atoms with Crippen molar-refractivity contribution in [2.75, 3.05) is 5.75 Å². The molecule has 0 atom stereocenters. The first kappa shape index (κ1) is 14.9. The monoisotopic (exact) mass is 299 g/mol. The number of hydrogen-bond acceptors (Lipinski definition) is 5. The molecule has 2 aromatic rings. The molecule has 108 valence electrons. The predicted octanol–water partition coefficient (Wildman–Crippen LogP) is 3.41. The zero-order chi connectivity index (χ0) is 14.4. The van der Waals surface area contributed by atoms with Crippen molar-refractivity contribution in [1.82, 2.24) is 15.5 Å². The molecule has 0 saturated heterocycles. The van der Waals surface area contributed by atoms with Gasteiger partial charge in [-0.3, -0.25) is 0 Å². The predicted molar refractivity (Wildman–Crippen MR) is 72.6 cm³/mol. The number of hydrogen-bond donors (Lipinski definition) is 1. The molecule has 0 aliphatic carbocycles. The molecule has 0 amide bonds. The van der Waals surface area contributed by atoms with Crippen molar-refractivity contribution in [3.63, 3.8) is 0 Å². The third-order valence-corrected chi connectivity index (χ3v) is 3.37. The van der Waals surface area contributed by atoms with Gasteiger partial charge in [0.2, 0.25) is 11.7 Å². The molecule has 1 heterocycles. The second-order valence-corrected chi connectivity index (χ2v) is 5.37. The zero-order valence-electron chi connectivity index (χ0n) is 11.0. The molecule has 7 heteroatoms. The minimum absolute atomic E-state index is 0.166. The van der Waals surface area contributed by atoms with Crippen LogP contribution in [0.3, 0.4) is 0 Å². The first-order valence-corrected chi connectivity index (χ1v) is 7.20. The summed E-state index contributed by atoms with van der Waals surface area (Å²) in [5.74, 6) is 0.623. The summed E-state index contributed by atoms with van der Waals surface area (Å²) in [7, 11) is 0. The fourth-order valence-electron chi connectivity index (χ4n) is 1.65. The molecule has 1 aromatic carbocycles. The Morgan fingerprint density at radius 1 is 1.35 bits per heavy atom. The maximum atomic E-state index is 12.3. The first-order valence-electron chi connectivity index (χ1n) is 6.22. The van der Waals surface area contributed by atoms with Crippen LogP contribution >= 0.6 is 11.8 Å². The third-order valence-electron chi connectivity index (χ3n) is 2.49. The summed E-state index contributed by atoms with van der Waals surface area (Å²) >= 11 is 1.77. The van der Waals surface area contributed by atoms with E-state index in [9.17, 15) is 8.78 Å². The molecular weight excluding hydrogens is 284 g/mol. The van der Waals surface area contributed by atoms with Crippen molar-refractivity contribution in [2.45, 2.75) is 31.3 Å². The normalized spacial score (nSPS) is 11.2. The van der Waals surface area contributed by atoms with Crippen LogP contribution in [0.2, 0.25) is 0 Å². The van der Waals surface area contributed by atoms with Gasteiger partial charge in [-0.25, -0.2) is 8.78 Å². The van der Waals surface area contributed by atoms with Crippen LogP contribution in [0.5, 0.6) is 0 Å². The summed E-state index contributed by atoms with van der Waals surface area (Å²) in [6.45, 7) is 2.99. The van der Waals surface area contributed by atoms with Gasteiger partial charge < -0.3 is 9.84 Å². The van der Waals surface area contributed by atoms with E-state index in [1.807, 2.05) is 12.1 Å². The van der Waals surface area contributed by atoms with E-state index in [4.69, 9.17) is 4.52 Å². The van der Waals surface area contributed by atoms with Crippen molar-refractivity contribution >= 4 is 11.8 Å². The number of nitrogens with one attached hydrogen (secondary N) is 1. The summed E-state index contributed by atoms with van der Waals surface area (Å²) < 4.78 is 29.3. The van der Waals surface area contributed by atoms with E-state index in [1.165, 1.54) is 4.90 Å². The molecular formula is C13H15F2N3OS. The molecule has 0 unspecified atom stereocenters. The Balaban J connectivity index is 1.84. The largest absolute Gasteiger partial charge is 0.338 e. The van der Waals surface area contributed by atoms with E-state index in [-0.39, 0.29) is 12.4 Å². The van der Waals surface area contributed by atoms with Crippen LogP contribution in [0.15, 0.2) is 33.7 Å². The average Bonchev–Trinajstić information content (AvgIpc) is 2.89. The van der Waals surface area contributed by atoms with E-state index < -0.39 is 12.2 Å². The van der Waals surface area contributed by atoms with E-state index in [2.05, 4.69) is 34.5 Å². The van der Waals surface area contributed by atoms with Crippen molar-refractivity contribution in [3.8, 4) is 0 Å². The second-order valence-electron chi connectivity index (χ2n) is 4.03. The van der Waals surface area contributed by atoms with Gasteiger partial charge in [-0.15, -0.1) is 11.8 Å². The molecule has 4 nitrogen and oxygen atoms in total. The minimum atomic E-state index is -2.70. The average molecular weight is 299 g/mol. The van der Waals surface area contributed by atoms with Gasteiger partial charge in [-0.05, 0) is 23.4 Å². The fraction of sp³-hybridized carbons (Fsp3) is 0.385. The molecule has 0 aliphatic rings. The number of aromatic nitrogens is 2. The lowest BCUT2D eigenvalue weighted by atomic mass is 10.2. The Kier molecular flexibility index (Phi) is 5.49. The van der Waals surface area contributed by atoms with Crippen molar-refractivity contribution in [1.29, 1.82) is 0 Å². The quantitative estimate of drug-likeness (QED) is 0.794. The van der Waals surface area contributed by atoms with Crippen LogP contribution < -0.4 is 5.32 Å². The van der Waals surface area contributed by atoms with Crippen LogP contribution in [-0.2, 0) is 13.1 Å². The van der Waals surface area contributed by atoms with Crippen molar-refractivity contribution < 1.29 is 13.3 Å². The van der Waals surface area contributed by atoms with E-state index >= 15 is 0 Å². The van der Waals surface area contributed by atoms with Gasteiger partial charge in [0.1, 0.15) is 0 Å². The number of rotatable bonds is 7. The van der Waals surface area contributed by atoms with E-state index in [0.717, 1.165) is 11.3 Å². The molecule has 0 bridgehead atoms. The van der Waals surface area contributed by atoms with Gasteiger partial charge in [-0.1, -0.05) is 24.2 Å². The highest BCUT2D eigenvalue weighted by atomic mass is 32.2. The zero-order valence-corrected chi connectivity index (χ0v) is 11.8. The number of nitrogens with zero attached hydrogens (tertiary/aromatic N) is 2. The number of halogens is 2. The Hall–Kier alpha value is -1.47. The summed E-state index contributed by atoms with van der Waals surface area (Å²) in [5, 5.41) is 6.29. The molecule has 0 radical (unpaired) electrons. The topological polar surface area (TPSA) is 51.0 Å². The Morgan fingerprint density at radius 2 is 2.20 bits per heavy atom. The SMILES string of the molecule is CCSc1cccc(CNCc2nc(C(F)F)no2)c1. The van der Waals surface area contributed by atoms with Gasteiger partial charge in [0.25, 0.3) is 0 Å². The summed E-state index contributed by atoms with van der Waals surface area (Å²) in [4.78, 5) is 4.81. The highest BCUT2D eigenvalue weighted by molar-refractivity contribution is 7.99. The molecule has 0 aliphatic heterocycles. The molecule has 1 N–H and O–H groups in total. The maximum Gasteiger partial charge on any atom is 0.300 e. The molecule has 2 rings (SSSR count). The van der Waals surface area contributed by atoms with Crippen LogP contribution in [0.4, 0.5) is 8.78 Å². The number of benzene rings is 1. The Bertz CT molecular complexity index is 548. The van der Waals surface area contributed by atoms with Crippen LogP contribution in [0, 0.1) is 0 Å². The van der Waals surface area contributed by atoms with E-state index in [0.29, 0.717) is 6.54 Å². The molecule has 0 fully saturated rings. The van der Waals surface area contributed by atoms with Crippen molar-refractivity contribution in [2.24, 2.45) is 0 Å². The third kappa shape index (κ3) is 4.28. The highest BCUT2D eigenvalue weighted by Gasteiger charge is 2.15. The molecule has 1 aromatic heterocycles. The van der Waals surface area contributed by atoms with Crippen LogP contribution in [-0.4, -0.2) is 15.9 Å².